The second-order valence-electron chi connectivity index (χ2n) is 8.80. The maximum atomic E-state index is 14.7. The molecule has 0 N–H and O–H groups in total. The van der Waals surface area contributed by atoms with E-state index in [0.717, 1.165) is 36.5 Å². The second kappa shape index (κ2) is 10.3. The van der Waals surface area contributed by atoms with Crippen LogP contribution in [0, 0.1) is 11.6 Å². The minimum atomic E-state index is -1.54. The topological polar surface area (TPSA) is 82.0 Å². The number of amides is 1. The van der Waals surface area contributed by atoms with Gasteiger partial charge in [-0.25, -0.2) is 18.4 Å². The summed E-state index contributed by atoms with van der Waals surface area (Å²) in [5.41, 5.74) is 2.08. The molecule has 2 aliphatic rings. The van der Waals surface area contributed by atoms with E-state index in [4.69, 9.17) is 14.2 Å². The fraction of sp³-hybridized carbons (Fsp3) is 0.400. The first kappa shape index (κ1) is 24.3. The third kappa shape index (κ3) is 5.23. The van der Waals surface area contributed by atoms with Crippen LogP contribution < -0.4 is 4.90 Å². The number of hydrogen-bond donors (Lipinski definition) is 0. The van der Waals surface area contributed by atoms with Crippen molar-refractivity contribution in [3.63, 3.8) is 0 Å². The average molecular weight is 500 g/mol. The number of ether oxygens (including phenoxy) is 3. The first-order chi connectivity index (χ1) is 17.4. The SMILES string of the molecule is CC(=O)N1CCN(c2ccc(COC3COC(Cn4cncn4)(c4ccc(F)cc4F)O3)cc2)CC1. The second-order valence-corrected chi connectivity index (χ2v) is 8.80. The largest absolute Gasteiger partial charge is 0.368 e. The molecule has 0 bridgehead atoms. The Morgan fingerprint density at radius 2 is 1.92 bits per heavy atom. The van der Waals surface area contributed by atoms with Crippen LogP contribution in [0.25, 0.3) is 0 Å². The van der Waals surface area contributed by atoms with Crippen LogP contribution in [0.3, 0.4) is 0 Å². The van der Waals surface area contributed by atoms with Crippen molar-refractivity contribution in [2.24, 2.45) is 0 Å². The molecule has 2 unspecified atom stereocenters. The van der Waals surface area contributed by atoms with E-state index in [9.17, 15) is 13.6 Å². The van der Waals surface area contributed by atoms with E-state index >= 15 is 0 Å². The first-order valence-electron chi connectivity index (χ1n) is 11.7. The van der Waals surface area contributed by atoms with Crippen LogP contribution in [-0.4, -0.2) is 64.6 Å². The lowest BCUT2D eigenvalue weighted by molar-refractivity contribution is -0.230. The van der Waals surface area contributed by atoms with Gasteiger partial charge < -0.3 is 24.0 Å². The number of benzene rings is 2. The predicted molar refractivity (Wildman–Crippen MR) is 125 cm³/mol. The lowest BCUT2D eigenvalue weighted by Crippen LogP contribution is -2.48. The highest BCUT2D eigenvalue weighted by Gasteiger charge is 2.46. The summed E-state index contributed by atoms with van der Waals surface area (Å²) in [5.74, 6) is -2.91. The number of nitrogens with zero attached hydrogens (tertiary/aromatic N) is 5. The molecule has 2 saturated heterocycles. The van der Waals surface area contributed by atoms with E-state index < -0.39 is 23.7 Å². The molecule has 5 rings (SSSR count). The van der Waals surface area contributed by atoms with Gasteiger partial charge in [-0.3, -0.25) is 4.79 Å². The maximum absolute atomic E-state index is 14.7. The Morgan fingerprint density at radius 3 is 2.58 bits per heavy atom. The predicted octanol–water partition coefficient (Wildman–Crippen LogP) is 2.67. The number of rotatable bonds is 7. The molecular formula is C25H27F2N5O4. The van der Waals surface area contributed by atoms with Crippen LogP contribution in [-0.2, 0) is 37.9 Å². The summed E-state index contributed by atoms with van der Waals surface area (Å²) in [4.78, 5) is 19.5. The normalized spacial score (nSPS) is 22.2. The zero-order chi connectivity index (χ0) is 25.1. The third-order valence-electron chi connectivity index (χ3n) is 6.41. The lowest BCUT2D eigenvalue weighted by atomic mass is 10.0. The summed E-state index contributed by atoms with van der Waals surface area (Å²) in [7, 11) is 0. The van der Waals surface area contributed by atoms with Crippen molar-refractivity contribution in [2.45, 2.75) is 32.2 Å². The van der Waals surface area contributed by atoms with Gasteiger partial charge in [0.2, 0.25) is 11.7 Å². The van der Waals surface area contributed by atoms with Crippen molar-refractivity contribution in [1.29, 1.82) is 0 Å². The molecule has 190 valence electrons. The highest BCUT2D eigenvalue weighted by molar-refractivity contribution is 5.73. The molecule has 2 aliphatic heterocycles. The van der Waals surface area contributed by atoms with Crippen LogP contribution in [0.2, 0.25) is 0 Å². The van der Waals surface area contributed by atoms with Crippen LogP contribution >= 0.6 is 0 Å². The number of carbonyl (C=O) groups is 1. The van der Waals surface area contributed by atoms with Crippen molar-refractivity contribution in [2.75, 3.05) is 37.7 Å². The Labute approximate surface area is 207 Å². The summed E-state index contributed by atoms with van der Waals surface area (Å²) in [6.07, 6.45) is 2.05. The first-order valence-corrected chi connectivity index (χ1v) is 11.7. The Hall–Kier alpha value is -3.41. The Morgan fingerprint density at radius 1 is 1.14 bits per heavy atom. The summed E-state index contributed by atoms with van der Waals surface area (Å²) < 4.78 is 47.6. The molecule has 2 fully saturated rings. The molecule has 0 radical (unpaired) electrons. The number of anilines is 1. The molecule has 2 aromatic carbocycles. The summed E-state index contributed by atoms with van der Waals surface area (Å²) in [5, 5.41) is 4.06. The van der Waals surface area contributed by atoms with Crippen molar-refractivity contribution in [3.8, 4) is 0 Å². The molecule has 1 aromatic heterocycles. The van der Waals surface area contributed by atoms with Crippen molar-refractivity contribution >= 4 is 11.6 Å². The Kier molecular flexibility index (Phi) is 6.95. The lowest BCUT2D eigenvalue weighted by Gasteiger charge is -2.35. The summed E-state index contributed by atoms with van der Waals surface area (Å²) in [6.45, 7) is 4.93. The van der Waals surface area contributed by atoms with Gasteiger partial charge in [0.15, 0.2) is 6.29 Å². The number of piperazine rings is 1. The Bertz CT molecular complexity index is 1190. The maximum Gasteiger partial charge on any atom is 0.220 e. The number of hydrogen-bond acceptors (Lipinski definition) is 7. The fourth-order valence-corrected chi connectivity index (χ4v) is 4.47. The van der Waals surface area contributed by atoms with Gasteiger partial charge in [0, 0.05) is 50.4 Å². The summed E-state index contributed by atoms with van der Waals surface area (Å²) >= 11 is 0. The van der Waals surface area contributed by atoms with Gasteiger partial charge in [0.25, 0.3) is 0 Å². The molecule has 0 saturated carbocycles. The summed E-state index contributed by atoms with van der Waals surface area (Å²) in [6, 6.07) is 11.3. The van der Waals surface area contributed by atoms with Gasteiger partial charge in [-0.05, 0) is 29.8 Å². The minimum Gasteiger partial charge on any atom is -0.368 e. The Balaban J connectivity index is 1.22. The van der Waals surface area contributed by atoms with Gasteiger partial charge >= 0.3 is 0 Å². The third-order valence-corrected chi connectivity index (χ3v) is 6.41. The van der Waals surface area contributed by atoms with Crippen molar-refractivity contribution in [1.82, 2.24) is 19.7 Å². The highest BCUT2D eigenvalue weighted by Crippen LogP contribution is 2.38. The van der Waals surface area contributed by atoms with Gasteiger partial charge in [-0.1, -0.05) is 12.1 Å². The zero-order valence-corrected chi connectivity index (χ0v) is 19.8. The van der Waals surface area contributed by atoms with E-state index in [-0.39, 0.29) is 31.2 Å². The molecule has 11 heteroatoms. The molecule has 2 atom stereocenters. The van der Waals surface area contributed by atoms with Crippen LogP contribution in [0.5, 0.6) is 0 Å². The molecule has 0 spiro atoms. The quantitative estimate of drug-likeness (QED) is 0.494. The van der Waals surface area contributed by atoms with E-state index in [1.165, 1.54) is 23.4 Å². The molecule has 3 aromatic rings. The minimum absolute atomic E-state index is 0.0149. The molecule has 9 nitrogen and oxygen atoms in total. The number of carbonyl (C=O) groups excluding carboxylic acids is 1. The van der Waals surface area contributed by atoms with Crippen LogP contribution in [0.1, 0.15) is 18.1 Å². The standard InChI is InChI=1S/C25H27F2N5O4/c1-18(33)30-8-10-31(11-9-30)21-5-2-19(3-6-21)13-34-24-14-35-25(36-24,15-32-17-28-16-29-32)22-7-4-20(26)12-23(22)27/h2-7,12,16-17,24H,8-11,13-15H2,1H3. The average Bonchev–Trinajstić information content (AvgIpc) is 3.54. The molecular weight excluding hydrogens is 472 g/mol. The highest BCUT2D eigenvalue weighted by atomic mass is 19.1. The fourth-order valence-electron chi connectivity index (χ4n) is 4.47. The number of halogens is 2. The van der Waals surface area contributed by atoms with E-state index in [1.807, 2.05) is 29.2 Å². The molecule has 1 amide bonds. The molecule has 3 heterocycles. The van der Waals surface area contributed by atoms with Crippen LogP contribution in [0.4, 0.5) is 14.5 Å². The zero-order valence-electron chi connectivity index (χ0n) is 19.8. The van der Waals surface area contributed by atoms with Gasteiger partial charge in [0.05, 0.1) is 6.61 Å². The van der Waals surface area contributed by atoms with Crippen molar-refractivity contribution < 1.29 is 27.8 Å². The van der Waals surface area contributed by atoms with Crippen molar-refractivity contribution in [3.05, 3.63) is 77.9 Å². The van der Waals surface area contributed by atoms with Gasteiger partial charge in [-0.2, -0.15) is 5.10 Å². The van der Waals surface area contributed by atoms with E-state index in [2.05, 4.69) is 15.0 Å². The van der Waals surface area contributed by atoms with Gasteiger partial charge in [-0.15, -0.1) is 0 Å². The smallest absolute Gasteiger partial charge is 0.220 e. The molecule has 36 heavy (non-hydrogen) atoms. The van der Waals surface area contributed by atoms with Gasteiger partial charge in [0.1, 0.15) is 37.4 Å². The molecule has 0 aliphatic carbocycles. The number of aromatic nitrogens is 3. The van der Waals surface area contributed by atoms with E-state index in [0.29, 0.717) is 13.1 Å². The van der Waals surface area contributed by atoms with Crippen LogP contribution in [0.15, 0.2) is 55.1 Å². The monoisotopic (exact) mass is 499 g/mol. The van der Waals surface area contributed by atoms with E-state index in [1.54, 1.807) is 6.92 Å².